The highest BCUT2D eigenvalue weighted by molar-refractivity contribution is 6.07. The summed E-state index contributed by atoms with van der Waals surface area (Å²) < 4.78 is 91.6. The Kier molecular flexibility index (Phi) is 7.79. The van der Waals surface area contributed by atoms with Crippen molar-refractivity contribution in [3.63, 3.8) is 0 Å². The predicted molar refractivity (Wildman–Crippen MR) is 159 cm³/mol. The Morgan fingerprint density at radius 3 is 2.64 bits per heavy atom. The summed E-state index contributed by atoms with van der Waals surface area (Å²) in [5, 5.41) is 2.23. The molecule has 0 radical (unpaired) electrons. The van der Waals surface area contributed by atoms with Gasteiger partial charge in [0.05, 0.1) is 29.8 Å². The number of alkyl halides is 5. The minimum Gasteiger partial charge on any atom is -0.493 e. The minimum absolute atomic E-state index is 0.0106. The van der Waals surface area contributed by atoms with Crippen LogP contribution in [0.4, 0.5) is 32.2 Å². The van der Waals surface area contributed by atoms with Crippen molar-refractivity contribution in [1.29, 1.82) is 0 Å². The summed E-state index contributed by atoms with van der Waals surface area (Å²) in [4.78, 5) is 40.9. The lowest BCUT2D eigenvalue weighted by atomic mass is 9.91. The molecule has 4 heterocycles. The Morgan fingerprint density at radius 1 is 1.23 bits per heavy atom. The second-order valence-electron chi connectivity index (χ2n) is 11.6. The molecule has 2 amide bonds. The summed E-state index contributed by atoms with van der Waals surface area (Å²) in [6.45, 7) is 5.16. The Bertz CT molecular complexity index is 1750. The van der Waals surface area contributed by atoms with Crippen LogP contribution < -0.4 is 15.8 Å². The number of amidine groups is 1. The lowest BCUT2D eigenvalue weighted by molar-refractivity contribution is -0.138. The summed E-state index contributed by atoms with van der Waals surface area (Å²) in [6, 6.07) is 1.62. The molecule has 2 atom stereocenters. The number of amides is 2. The summed E-state index contributed by atoms with van der Waals surface area (Å²) >= 11 is 0. The molecule has 1 saturated carbocycles. The molecule has 0 bridgehead atoms. The van der Waals surface area contributed by atoms with Crippen molar-refractivity contribution < 1.29 is 40.7 Å². The number of carbonyl (C=O) groups excluding carboxylic acids is 2. The highest BCUT2D eigenvalue weighted by Gasteiger charge is 2.77. The van der Waals surface area contributed by atoms with Gasteiger partial charge in [0, 0.05) is 30.7 Å². The first kappa shape index (κ1) is 32.1. The van der Waals surface area contributed by atoms with Crippen molar-refractivity contribution >= 4 is 35.9 Å². The third-order valence-electron chi connectivity index (χ3n) is 8.93. The van der Waals surface area contributed by atoms with Crippen molar-refractivity contribution in [2.24, 2.45) is 21.1 Å². The fourth-order valence-corrected chi connectivity index (χ4v) is 6.54. The number of aliphatic imine (C=N–C) groups is 2. The molecule has 248 valence electrons. The van der Waals surface area contributed by atoms with Gasteiger partial charge >= 0.3 is 6.18 Å². The largest absolute Gasteiger partial charge is 0.493 e. The normalized spacial score (nSPS) is 23.7. The first-order valence-electron chi connectivity index (χ1n) is 14.7. The SMILES string of the molecule is C=N/C(=C1/C(N)=NC=CN1C1CC[C@@H]2N(C1)C(=O)C1(CC1)C2(F)F)c1c(F)cc(C(=O)Nc2cc(C(F)(F)F)ccn2)cc1OCC. The van der Waals surface area contributed by atoms with Gasteiger partial charge in [0.25, 0.3) is 11.8 Å². The van der Waals surface area contributed by atoms with Crippen LogP contribution in [0, 0.1) is 11.2 Å². The Morgan fingerprint density at radius 2 is 1.98 bits per heavy atom. The number of hydrogen-bond acceptors (Lipinski definition) is 8. The van der Waals surface area contributed by atoms with E-state index in [9.17, 15) is 22.8 Å². The fourth-order valence-electron chi connectivity index (χ4n) is 6.54. The number of pyridine rings is 1. The molecule has 2 aromatic rings. The van der Waals surface area contributed by atoms with Crippen molar-refractivity contribution in [1.82, 2.24) is 14.8 Å². The molecule has 1 aliphatic carbocycles. The van der Waals surface area contributed by atoms with Crippen LogP contribution in [0.25, 0.3) is 5.70 Å². The average molecular weight is 662 g/mol. The van der Waals surface area contributed by atoms with Gasteiger partial charge in [-0.05, 0) is 63.6 Å². The Balaban J connectivity index is 1.35. The maximum atomic E-state index is 16.0. The summed E-state index contributed by atoms with van der Waals surface area (Å²) in [5.41, 5.74) is 3.01. The van der Waals surface area contributed by atoms with Crippen LogP contribution in [0.3, 0.4) is 0 Å². The summed E-state index contributed by atoms with van der Waals surface area (Å²) in [5.74, 6) is -6.37. The number of fused-ring (bicyclic) bond motifs is 1. The number of anilines is 1. The van der Waals surface area contributed by atoms with Crippen LogP contribution in [0.1, 0.15) is 54.1 Å². The molecule has 2 saturated heterocycles. The maximum absolute atomic E-state index is 16.0. The first-order valence-corrected chi connectivity index (χ1v) is 14.7. The third-order valence-corrected chi connectivity index (χ3v) is 8.93. The molecule has 3 N–H and O–H groups in total. The van der Waals surface area contributed by atoms with E-state index in [1.165, 1.54) is 23.4 Å². The second-order valence-corrected chi connectivity index (χ2v) is 11.6. The van der Waals surface area contributed by atoms with E-state index < -0.39 is 58.6 Å². The molecule has 3 aliphatic heterocycles. The van der Waals surface area contributed by atoms with E-state index in [4.69, 9.17) is 10.5 Å². The highest BCUT2D eigenvalue weighted by Crippen LogP contribution is 2.65. The average Bonchev–Trinajstić information content (AvgIpc) is 3.83. The van der Waals surface area contributed by atoms with Gasteiger partial charge in [0.15, 0.2) is 0 Å². The predicted octanol–water partition coefficient (Wildman–Crippen LogP) is 5.19. The van der Waals surface area contributed by atoms with E-state index in [0.717, 1.165) is 18.3 Å². The van der Waals surface area contributed by atoms with Gasteiger partial charge in [-0.15, -0.1) is 0 Å². The molecule has 47 heavy (non-hydrogen) atoms. The van der Waals surface area contributed by atoms with Gasteiger partial charge in [0.1, 0.15) is 40.0 Å². The van der Waals surface area contributed by atoms with E-state index in [-0.39, 0.29) is 72.9 Å². The van der Waals surface area contributed by atoms with E-state index >= 15 is 13.2 Å². The lowest BCUT2D eigenvalue weighted by Gasteiger charge is -2.42. The quantitative estimate of drug-likeness (QED) is 0.311. The number of halogens is 6. The zero-order valence-corrected chi connectivity index (χ0v) is 25.0. The number of nitrogens with zero attached hydrogens (tertiary/aromatic N) is 5. The van der Waals surface area contributed by atoms with Crippen LogP contribution in [0.15, 0.2) is 58.5 Å². The Labute approximate surface area is 264 Å². The molecule has 6 rings (SSSR count). The van der Waals surface area contributed by atoms with E-state index in [2.05, 4.69) is 27.0 Å². The van der Waals surface area contributed by atoms with Crippen molar-refractivity contribution in [2.75, 3.05) is 18.5 Å². The zero-order valence-electron chi connectivity index (χ0n) is 25.0. The molecular weight excluding hydrogens is 632 g/mol. The van der Waals surface area contributed by atoms with Crippen molar-refractivity contribution in [3.8, 4) is 5.75 Å². The number of ether oxygens (including phenoxy) is 1. The van der Waals surface area contributed by atoms with E-state index in [1.807, 2.05) is 0 Å². The zero-order chi connectivity index (χ0) is 33.9. The van der Waals surface area contributed by atoms with Crippen LogP contribution in [0.5, 0.6) is 5.75 Å². The molecular formula is C31H29F6N7O3. The standard InChI is InChI=1S/C31H29F6N7O3/c1-3-47-20-13-16(27(45)42-22-14-17(6-9-40-22)31(35,36)37)12-19(32)23(20)24(39-2)25-26(38)41-10-11-43(25)18-4-5-21-30(33,34)29(7-8-29)28(46)44(21)15-18/h6,9-14,18,21H,2-5,7-8,15H2,1H3,(H2,38,41)(H,40,42,45)/b25-24-/t18?,21-/m0/s1. The Hall–Kier alpha value is -4.89. The monoisotopic (exact) mass is 661 g/mol. The van der Waals surface area contributed by atoms with Gasteiger partial charge in [-0.2, -0.15) is 13.2 Å². The van der Waals surface area contributed by atoms with E-state index in [1.54, 1.807) is 11.8 Å². The van der Waals surface area contributed by atoms with Gasteiger partial charge < -0.3 is 25.6 Å². The summed E-state index contributed by atoms with van der Waals surface area (Å²) in [6.07, 6.45) is -0.354. The highest BCUT2D eigenvalue weighted by atomic mass is 19.4. The fraction of sp³-hybridized carbons (Fsp3) is 0.387. The van der Waals surface area contributed by atoms with Gasteiger partial charge in [-0.25, -0.2) is 23.1 Å². The number of nitrogens with two attached hydrogens (primary N) is 1. The first-order chi connectivity index (χ1) is 22.2. The number of carbonyl (C=O) groups is 2. The van der Waals surface area contributed by atoms with Crippen LogP contribution in [0.2, 0.25) is 0 Å². The molecule has 4 aliphatic rings. The molecule has 16 heteroatoms. The lowest BCUT2D eigenvalue weighted by Crippen LogP contribution is -2.53. The topological polar surface area (TPSA) is 126 Å². The molecule has 1 aromatic carbocycles. The minimum atomic E-state index is -4.68. The number of benzene rings is 1. The van der Waals surface area contributed by atoms with Gasteiger partial charge in [0.2, 0.25) is 5.91 Å². The van der Waals surface area contributed by atoms with Crippen LogP contribution >= 0.6 is 0 Å². The van der Waals surface area contributed by atoms with Crippen molar-refractivity contribution in [2.45, 2.75) is 56.8 Å². The molecule has 1 unspecified atom stereocenters. The number of aromatic nitrogens is 1. The third kappa shape index (κ3) is 5.28. The number of hydrogen-bond donors (Lipinski definition) is 2. The van der Waals surface area contributed by atoms with Crippen molar-refractivity contribution in [3.05, 3.63) is 71.1 Å². The van der Waals surface area contributed by atoms with Crippen LogP contribution in [-0.2, 0) is 11.0 Å². The van der Waals surface area contributed by atoms with Gasteiger partial charge in [-0.1, -0.05) is 0 Å². The number of rotatable bonds is 7. The van der Waals surface area contributed by atoms with Crippen LogP contribution in [-0.4, -0.2) is 70.3 Å². The van der Waals surface area contributed by atoms with Gasteiger partial charge in [-0.3, -0.25) is 14.6 Å². The number of nitrogens with one attached hydrogen (secondary N) is 1. The second kappa shape index (κ2) is 11.4. The summed E-state index contributed by atoms with van der Waals surface area (Å²) in [7, 11) is 0. The number of piperidine rings is 1. The molecule has 3 fully saturated rings. The smallest absolute Gasteiger partial charge is 0.416 e. The van der Waals surface area contributed by atoms with E-state index in [0.29, 0.717) is 6.07 Å². The molecule has 1 aromatic heterocycles. The maximum Gasteiger partial charge on any atom is 0.416 e. The molecule has 1 spiro atoms. The molecule has 10 nitrogen and oxygen atoms in total.